The molecule has 18 heavy (non-hydrogen) atoms. The van der Waals surface area contributed by atoms with Crippen molar-refractivity contribution in [3.05, 3.63) is 41.8 Å². The molecule has 0 unspecified atom stereocenters. The van der Waals surface area contributed by atoms with E-state index in [0.29, 0.717) is 6.01 Å². The van der Waals surface area contributed by atoms with Crippen molar-refractivity contribution >= 4 is 11.7 Å². The quantitative estimate of drug-likeness (QED) is 0.879. The first kappa shape index (κ1) is 12.6. The van der Waals surface area contributed by atoms with Crippen LogP contribution in [0.2, 0.25) is 0 Å². The van der Waals surface area contributed by atoms with Gasteiger partial charge < -0.3 is 9.73 Å². The highest BCUT2D eigenvalue weighted by molar-refractivity contribution is 5.56. The van der Waals surface area contributed by atoms with Crippen LogP contribution in [0.25, 0.3) is 0 Å². The maximum Gasteiger partial charge on any atom is 0.302 e. The molecule has 1 heterocycles. The third kappa shape index (κ3) is 2.71. The number of nitrogens with zero attached hydrogens (tertiary/aromatic N) is 2. The summed E-state index contributed by atoms with van der Waals surface area (Å²) in [7, 11) is 1.89. The van der Waals surface area contributed by atoms with Crippen LogP contribution in [-0.4, -0.2) is 18.6 Å². The van der Waals surface area contributed by atoms with Crippen LogP contribution < -0.4 is 10.2 Å². The Morgan fingerprint density at radius 1 is 1.28 bits per heavy atom. The summed E-state index contributed by atoms with van der Waals surface area (Å²) in [6, 6.07) is 9.00. The fourth-order valence-electron chi connectivity index (χ4n) is 1.84. The molecule has 0 saturated carbocycles. The molecule has 0 bridgehead atoms. The van der Waals surface area contributed by atoms with Crippen molar-refractivity contribution in [2.24, 2.45) is 0 Å². The van der Waals surface area contributed by atoms with E-state index in [2.05, 4.69) is 53.3 Å². The van der Waals surface area contributed by atoms with Gasteiger partial charge in [-0.1, -0.05) is 17.7 Å². The predicted molar refractivity (Wildman–Crippen MR) is 73.1 cm³/mol. The Labute approximate surface area is 108 Å². The summed E-state index contributed by atoms with van der Waals surface area (Å²) in [6.07, 6.45) is 1.70. The van der Waals surface area contributed by atoms with Gasteiger partial charge in [-0.2, -0.15) is 4.98 Å². The lowest BCUT2D eigenvalue weighted by molar-refractivity contribution is 0.553. The fraction of sp³-hybridized carbons (Fsp3) is 0.357. The van der Waals surface area contributed by atoms with Gasteiger partial charge in [-0.15, -0.1) is 0 Å². The van der Waals surface area contributed by atoms with E-state index in [1.807, 2.05) is 7.05 Å². The van der Waals surface area contributed by atoms with Gasteiger partial charge in [-0.3, -0.25) is 4.90 Å². The zero-order valence-corrected chi connectivity index (χ0v) is 11.1. The van der Waals surface area contributed by atoms with E-state index in [9.17, 15) is 0 Å². The number of nitrogens with one attached hydrogen (secondary N) is 1. The molecule has 0 fully saturated rings. The minimum Gasteiger partial charge on any atom is -0.431 e. The smallest absolute Gasteiger partial charge is 0.302 e. The molecule has 0 aliphatic heterocycles. The first-order chi connectivity index (χ1) is 8.74. The zero-order valence-electron chi connectivity index (χ0n) is 11.1. The van der Waals surface area contributed by atoms with Gasteiger partial charge in [0.15, 0.2) is 0 Å². The molecule has 0 atom stereocenters. The highest BCUT2D eigenvalue weighted by Gasteiger charge is 2.13. The second-order valence-corrected chi connectivity index (χ2v) is 4.23. The number of hydrogen-bond donors (Lipinski definition) is 1. The minimum absolute atomic E-state index is 0.645. The molecule has 1 aromatic heterocycles. The van der Waals surface area contributed by atoms with Crippen LogP contribution in [0.4, 0.5) is 11.7 Å². The molecule has 4 nitrogen and oxygen atoms in total. The van der Waals surface area contributed by atoms with Crippen LogP contribution in [-0.2, 0) is 6.54 Å². The number of hydrogen-bond acceptors (Lipinski definition) is 4. The molecule has 0 amide bonds. The number of anilines is 2. The first-order valence-corrected chi connectivity index (χ1v) is 6.17. The third-order valence-corrected chi connectivity index (χ3v) is 2.79. The summed E-state index contributed by atoms with van der Waals surface area (Å²) in [5, 5.41) is 3.06. The Balaban J connectivity index is 2.24. The SMILES string of the molecule is CCN(c1ccc(C)cc1)c1nc(CNC)co1. The highest BCUT2D eigenvalue weighted by atomic mass is 16.4. The van der Waals surface area contributed by atoms with Crippen LogP contribution in [0.3, 0.4) is 0 Å². The standard InChI is InChI=1S/C14H19N3O/c1-4-17(13-7-5-11(2)6-8-13)14-16-12(9-15-3)10-18-14/h5-8,10,15H,4,9H2,1-3H3. The van der Waals surface area contributed by atoms with Crippen LogP contribution >= 0.6 is 0 Å². The lowest BCUT2D eigenvalue weighted by Crippen LogP contribution is -2.16. The Bertz CT molecular complexity index is 490. The van der Waals surface area contributed by atoms with Crippen molar-refractivity contribution in [1.82, 2.24) is 10.3 Å². The summed E-state index contributed by atoms with van der Waals surface area (Å²) < 4.78 is 5.53. The molecule has 0 radical (unpaired) electrons. The maximum atomic E-state index is 5.53. The fourth-order valence-corrected chi connectivity index (χ4v) is 1.84. The molecular weight excluding hydrogens is 226 g/mol. The summed E-state index contributed by atoms with van der Waals surface area (Å²) in [5.41, 5.74) is 3.26. The van der Waals surface area contributed by atoms with Crippen molar-refractivity contribution in [3.8, 4) is 0 Å². The third-order valence-electron chi connectivity index (χ3n) is 2.79. The molecule has 4 heteroatoms. The van der Waals surface area contributed by atoms with Crippen molar-refractivity contribution in [2.45, 2.75) is 20.4 Å². The second-order valence-electron chi connectivity index (χ2n) is 4.23. The highest BCUT2D eigenvalue weighted by Crippen LogP contribution is 2.24. The van der Waals surface area contributed by atoms with Gasteiger partial charge in [0.2, 0.25) is 0 Å². The number of rotatable bonds is 5. The summed E-state index contributed by atoms with van der Waals surface area (Å²) in [6.45, 7) is 5.70. The van der Waals surface area contributed by atoms with Gasteiger partial charge in [0, 0.05) is 18.8 Å². The Kier molecular flexibility index (Phi) is 3.99. The molecule has 96 valence electrons. The molecule has 1 aromatic carbocycles. The predicted octanol–water partition coefficient (Wildman–Crippen LogP) is 2.86. The molecule has 0 aliphatic rings. The van der Waals surface area contributed by atoms with Crippen molar-refractivity contribution < 1.29 is 4.42 Å². The van der Waals surface area contributed by atoms with E-state index < -0.39 is 0 Å². The van der Waals surface area contributed by atoms with E-state index in [1.54, 1.807) is 6.26 Å². The van der Waals surface area contributed by atoms with E-state index in [-0.39, 0.29) is 0 Å². The molecule has 0 spiro atoms. The number of aromatic nitrogens is 1. The molecule has 1 N–H and O–H groups in total. The number of aryl methyl sites for hydroxylation is 1. The van der Waals surface area contributed by atoms with Gasteiger partial charge in [0.05, 0.1) is 5.69 Å². The van der Waals surface area contributed by atoms with Crippen molar-refractivity contribution in [1.29, 1.82) is 0 Å². The molecular formula is C14H19N3O. The summed E-state index contributed by atoms with van der Waals surface area (Å²) in [4.78, 5) is 6.52. The Morgan fingerprint density at radius 3 is 2.61 bits per heavy atom. The van der Waals surface area contributed by atoms with Crippen LogP contribution in [0, 0.1) is 6.92 Å². The minimum atomic E-state index is 0.645. The van der Waals surface area contributed by atoms with Gasteiger partial charge in [-0.25, -0.2) is 0 Å². The topological polar surface area (TPSA) is 41.3 Å². The molecule has 0 aliphatic carbocycles. The second kappa shape index (κ2) is 5.69. The first-order valence-electron chi connectivity index (χ1n) is 6.17. The maximum absolute atomic E-state index is 5.53. The van der Waals surface area contributed by atoms with Gasteiger partial charge in [0.1, 0.15) is 6.26 Å². The monoisotopic (exact) mass is 245 g/mol. The lowest BCUT2D eigenvalue weighted by Gasteiger charge is -2.18. The lowest BCUT2D eigenvalue weighted by atomic mass is 10.2. The largest absolute Gasteiger partial charge is 0.431 e. The van der Waals surface area contributed by atoms with Gasteiger partial charge in [-0.05, 0) is 33.0 Å². The van der Waals surface area contributed by atoms with E-state index >= 15 is 0 Å². The van der Waals surface area contributed by atoms with E-state index in [4.69, 9.17) is 4.42 Å². The van der Waals surface area contributed by atoms with Crippen molar-refractivity contribution in [3.63, 3.8) is 0 Å². The summed E-state index contributed by atoms with van der Waals surface area (Å²) in [5.74, 6) is 0. The normalized spacial score (nSPS) is 10.6. The van der Waals surface area contributed by atoms with Crippen LogP contribution in [0.5, 0.6) is 0 Å². The van der Waals surface area contributed by atoms with Crippen LogP contribution in [0.1, 0.15) is 18.2 Å². The Morgan fingerprint density at radius 2 is 2.00 bits per heavy atom. The number of oxazole rings is 1. The average Bonchev–Trinajstić information content (AvgIpc) is 2.82. The van der Waals surface area contributed by atoms with Gasteiger partial charge in [0.25, 0.3) is 0 Å². The zero-order chi connectivity index (χ0) is 13.0. The van der Waals surface area contributed by atoms with Crippen molar-refractivity contribution in [2.75, 3.05) is 18.5 Å². The van der Waals surface area contributed by atoms with E-state index in [0.717, 1.165) is 24.5 Å². The number of benzene rings is 1. The van der Waals surface area contributed by atoms with Gasteiger partial charge >= 0.3 is 6.01 Å². The average molecular weight is 245 g/mol. The van der Waals surface area contributed by atoms with E-state index in [1.165, 1.54) is 5.56 Å². The molecule has 2 aromatic rings. The summed E-state index contributed by atoms with van der Waals surface area (Å²) >= 11 is 0. The molecule has 2 rings (SSSR count). The van der Waals surface area contributed by atoms with Crippen LogP contribution in [0.15, 0.2) is 34.9 Å². The molecule has 0 saturated heterocycles. The Hall–Kier alpha value is -1.81.